The molecule has 0 radical (unpaired) electrons. The molecule has 1 unspecified atom stereocenters. The molecule has 1 saturated heterocycles. The van der Waals surface area contributed by atoms with E-state index in [0.29, 0.717) is 12.5 Å². The maximum absolute atomic E-state index is 12.4. The van der Waals surface area contributed by atoms with E-state index in [1.807, 2.05) is 4.90 Å². The van der Waals surface area contributed by atoms with Gasteiger partial charge in [-0.2, -0.15) is 0 Å². The van der Waals surface area contributed by atoms with Crippen LogP contribution in [-0.2, 0) is 4.79 Å². The van der Waals surface area contributed by atoms with Gasteiger partial charge >= 0.3 is 12.0 Å². The zero-order chi connectivity index (χ0) is 14.4. The zero-order valence-electron chi connectivity index (χ0n) is 12.1. The molecule has 5 nitrogen and oxygen atoms in total. The monoisotopic (exact) mass is 282 g/mol. The minimum atomic E-state index is -0.775. The summed E-state index contributed by atoms with van der Waals surface area (Å²) >= 11 is 0. The van der Waals surface area contributed by atoms with Gasteiger partial charge in [0.05, 0.1) is 0 Å². The van der Waals surface area contributed by atoms with Gasteiger partial charge in [0.1, 0.15) is 0 Å². The van der Waals surface area contributed by atoms with Crippen LogP contribution in [0.4, 0.5) is 4.79 Å². The van der Waals surface area contributed by atoms with E-state index in [1.54, 1.807) is 0 Å². The standard InChI is InChI=1S/C15H26N2O3/c18-14(19)10-9-13-8-4-5-11-17(13)15(20)16-12-6-2-1-3-7-12/h12-13H,1-11H2,(H,16,20)(H,18,19). The fourth-order valence-corrected chi connectivity index (χ4v) is 3.36. The molecule has 1 aliphatic heterocycles. The number of piperidine rings is 1. The Morgan fingerprint density at radius 1 is 1.05 bits per heavy atom. The lowest BCUT2D eigenvalue weighted by molar-refractivity contribution is -0.137. The third kappa shape index (κ3) is 4.39. The van der Waals surface area contributed by atoms with Crippen LogP contribution in [0, 0.1) is 0 Å². The van der Waals surface area contributed by atoms with Gasteiger partial charge in [0, 0.05) is 25.0 Å². The average Bonchev–Trinajstić information content (AvgIpc) is 2.46. The highest BCUT2D eigenvalue weighted by Gasteiger charge is 2.28. The summed E-state index contributed by atoms with van der Waals surface area (Å²) in [5.41, 5.74) is 0. The van der Waals surface area contributed by atoms with Crippen LogP contribution in [0.1, 0.15) is 64.2 Å². The van der Waals surface area contributed by atoms with Crippen molar-refractivity contribution in [1.82, 2.24) is 10.2 Å². The molecule has 2 fully saturated rings. The van der Waals surface area contributed by atoms with Crippen LogP contribution in [0.2, 0.25) is 0 Å². The maximum Gasteiger partial charge on any atom is 0.317 e. The minimum Gasteiger partial charge on any atom is -0.481 e. The average molecular weight is 282 g/mol. The van der Waals surface area contributed by atoms with E-state index in [0.717, 1.165) is 38.6 Å². The van der Waals surface area contributed by atoms with Crippen molar-refractivity contribution >= 4 is 12.0 Å². The largest absolute Gasteiger partial charge is 0.481 e. The van der Waals surface area contributed by atoms with Gasteiger partial charge in [-0.15, -0.1) is 0 Å². The molecule has 2 N–H and O–H groups in total. The summed E-state index contributed by atoms with van der Waals surface area (Å²) in [4.78, 5) is 25.0. The highest BCUT2D eigenvalue weighted by molar-refractivity contribution is 5.75. The Bertz CT molecular complexity index is 340. The van der Waals surface area contributed by atoms with Crippen LogP contribution < -0.4 is 5.32 Å². The quantitative estimate of drug-likeness (QED) is 0.833. The summed E-state index contributed by atoms with van der Waals surface area (Å²) in [6.45, 7) is 0.767. The zero-order valence-corrected chi connectivity index (χ0v) is 12.1. The molecule has 5 heteroatoms. The van der Waals surface area contributed by atoms with Gasteiger partial charge in [-0.3, -0.25) is 4.79 Å². The van der Waals surface area contributed by atoms with Crippen molar-refractivity contribution in [3.63, 3.8) is 0 Å². The molecular formula is C15H26N2O3. The second-order valence-electron chi connectivity index (χ2n) is 6.06. The van der Waals surface area contributed by atoms with Crippen LogP contribution in [0.3, 0.4) is 0 Å². The Balaban J connectivity index is 1.85. The van der Waals surface area contributed by atoms with E-state index in [1.165, 1.54) is 19.3 Å². The van der Waals surface area contributed by atoms with Gasteiger partial charge in [-0.05, 0) is 38.5 Å². The lowest BCUT2D eigenvalue weighted by Crippen LogP contribution is -2.51. The Labute approximate surface area is 120 Å². The Hall–Kier alpha value is -1.26. The number of carboxylic acid groups (broad SMARTS) is 1. The second kappa shape index (κ2) is 7.50. The number of nitrogens with one attached hydrogen (secondary N) is 1. The molecule has 0 bridgehead atoms. The predicted octanol–water partition coefficient (Wildman–Crippen LogP) is 2.75. The van der Waals surface area contributed by atoms with E-state index in [9.17, 15) is 9.59 Å². The van der Waals surface area contributed by atoms with E-state index in [-0.39, 0.29) is 18.5 Å². The first kappa shape index (κ1) is 15.1. The fourth-order valence-electron chi connectivity index (χ4n) is 3.36. The van der Waals surface area contributed by atoms with Gasteiger partial charge in [-0.1, -0.05) is 19.3 Å². The third-order valence-electron chi connectivity index (χ3n) is 4.51. The normalized spacial score (nSPS) is 24.4. The van der Waals surface area contributed by atoms with Crippen molar-refractivity contribution < 1.29 is 14.7 Å². The van der Waals surface area contributed by atoms with Crippen molar-refractivity contribution in [2.45, 2.75) is 76.3 Å². The molecule has 2 amide bonds. The van der Waals surface area contributed by atoms with Crippen molar-refractivity contribution in [3.05, 3.63) is 0 Å². The van der Waals surface area contributed by atoms with Gasteiger partial charge in [-0.25, -0.2) is 4.79 Å². The van der Waals surface area contributed by atoms with Crippen LogP contribution in [0.25, 0.3) is 0 Å². The topological polar surface area (TPSA) is 69.6 Å². The summed E-state index contributed by atoms with van der Waals surface area (Å²) in [6, 6.07) is 0.439. The molecule has 2 rings (SSSR count). The first-order valence-electron chi connectivity index (χ1n) is 7.96. The van der Waals surface area contributed by atoms with Gasteiger partial charge < -0.3 is 15.3 Å². The van der Waals surface area contributed by atoms with Gasteiger partial charge in [0.25, 0.3) is 0 Å². The molecule has 0 aromatic carbocycles. The highest BCUT2D eigenvalue weighted by atomic mass is 16.4. The van der Waals surface area contributed by atoms with Gasteiger partial charge in [0.2, 0.25) is 0 Å². The number of hydrogen-bond donors (Lipinski definition) is 2. The number of rotatable bonds is 4. The number of likely N-dealkylation sites (tertiary alicyclic amines) is 1. The number of urea groups is 1. The van der Waals surface area contributed by atoms with Crippen LogP contribution in [0.15, 0.2) is 0 Å². The lowest BCUT2D eigenvalue weighted by Gasteiger charge is -2.37. The number of carboxylic acids is 1. The van der Waals surface area contributed by atoms with Crippen molar-refractivity contribution in [2.24, 2.45) is 0 Å². The molecule has 1 saturated carbocycles. The first-order valence-corrected chi connectivity index (χ1v) is 7.96. The lowest BCUT2D eigenvalue weighted by atomic mass is 9.95. The second-order valence-corrected chi connectivity index (χ2v) is 6.06. The summed E-state index contributed by atoms with van der Waals surface area (Å²) in [6.07, 6.45) is 9.63. The molecule has 20 heavy (non-hydrogen) atoms. The smallest absolute Gasteiger partial charge is 0.317 e. The number of carbonyl (C=O) groups excluding carboxylic acids is 1. The predicted molar refractivity (Wildman–Crippen MR) is 76.6 cm³/mol. The Morgan fingerprint density at radius 3 is 2.45 bits per heavy atom. The Morgan fingerprint density at radius 2 is 1.75 bits per heavy atom. The van der Waals surface area contributed by atoms with E-state index < -0.39 is 5.97 Å². The summed E-state index contributed by atoms with van der Waals surface area (Å²) in [7, 11) is 0. The van der Waals surface area contributed by atoms with E-state index in [4.69, 9.17) is 5.11 Å². The molecule has 0 aromatic rings. The third-order valence-corrected chi connectivity index (χ3v) is 4.51. The maximum atomic E-state index is 12.4. The van der Waals surface area contributed by atoms with Crippen LogP contribution >= 0.6 is 0 Å². The number of carbonyl (C=O) groups is 2. The number of aliphatic carboxylic acids is 1. The van der Waals surface area contributed by atoms with Crippen molar-refractivity contribution in [3.8, 4) is 0 Å². The SMILES string of the molecule is O=C(O)CCC1CCCCN1C(=O)NC1CCCCC1. The molecule has 1 aliphatic carbocycles. The molecule has 0 aromatic heterocycles. The molecule has 1 atom stereocenters. The number of amides is 2. The minimum absolute atomic E-state index is 0.0204. The van der Waals surface area contributed by atoms with Crippen LogP contribution in [-0.4, -0.2) is 40.6 Å². The highest BCUT2D eigenvalue weighted by Crippen LogP contribution is 2.22. The number of hydrogen-bond acceptors (Lipinski definition) is 2. The fraction of sp³-hybridized carbons (Fsp3) is 0.867. The molecular weight excluding hydrogens is 256 g/mol. The molecule has 114 valence electrons. The van der Waals surface area contributed by atoms with Crippen LogP contribution in [0.5, 0.6) is 0 Å². The summed E-state index contributed by atoms with van der Waals surface area (Å²) in [5, 5.41) is 12.0. The van der Waals surface area contributed by atoms with E-state index >= 15 is 0 Å². The molecule has 0 spiro atoms. The van der Waals surface area contributed by atoms with Crippen molar-refractivity contribution in [1.29, 1.82) is 0 Å². The Kier molecular flexibility index (Phi) is 5.68. The molecule has 1 heterocycles. The summed E-state index contributed by atoms with van der Waals surface area (Å²) < 4.78 is 0. The van der Waals surface area contributed by atoms with E-state index in [2.05, 4.69) is 5.32 Å². The molecule has 2 aliphatic rings. The number of nitrogens with zero attached hydrogens (tertiary/aromatic N) is 1. The summed E-state index contributed by atoms with van der Waals surface area (Å²) in [5.74, 6) is -0.775. The van der Waals surface area contributed by atoms with Crippen molar-refractivity contribution in [2.75, 3.05) is 6.54 Å². The van der Waals surface area contributed by atoms with Gasteiger partial charge in [0.15, 0.2) is 0 Å². The first-order chi connectivity index (χ1) is 9.66.